The van der Waals surface area contributed by atoms with Crippen LogP contribution in [0.5, 0.6) is 5.75 Å². The van der Waals surface area contributed by atoms with E-state index in [2.05, 4.69) is 5.32 Å². The number of rotatable bonds is 9. The molecule has 0 heterocycles. The minimum atomic E-state index is -0.738. The highest BCUT2D eigenvalue weighted by Crippen LogP contribution is 2.20. The molecule has 7 nitrogen and oxygen atoms in total. The zero-order valence-corrected chi connectivity index (χ0v) is 14.6. The van der Waals surface area contributed by atoms with E-state index in [0.29, 0.717) is 23.4 Å². The number of ether oxygens (including phenoxy) is 2. The van der Waals surface area contributed by atoms with Gasteiger partial charge in [-0.3, -0.25) is 10.2 Å². The second-order valence-electron chi connectivity index (χ2n) is 5.59. The normalized spacial score (nSPS) is 11.6. The molecule has 0 aliphatic heterocycles. The molecule has 26 heavy (non-hydrogen) atoms. The van der Waals surface area contributed by atoms with Crippen LogP contribution in [0.2, 0.25) is 0 Å². The number of aliphatic hydroxyl groups excluding tert-OH is 1. The van der Waals surface area contributed by atoms with Crippen LogP contribution in [0.4, 0.5) is 0 Å². The number of nitrogens with one attached hydrogen (secondary N) is 2. The van der Waals surface area contributed by atoms with E-state index >= 15 is 0 Å². The van der Waals surface area contributed by atoms with Gasteiger partial charge in [-0.05, 0) is 23.3 Å². The number of aliphatic hydroxyl groups is 1. The summed E-state index contributed by atoms with van der Waals surface area (Å²) in [6.07, 6.45) is -0.738. The fourth-order valence-corrected chi connectivity index (χ4v) is 2.38. The van der Waals surface area contributed by atoms with Gasteiger partial charge in [-0.2, -0.15) is 0 Å². The van der Waals surface area contributed by atoms with Crippen LogP contribution < -0.4 is 15.8 Å². The molecule has 1 atom stereocenters. The standard InChI is InChI=1S/C19H23N3O4/c1-25-17(14-6-8-16(9-7-14)26-11-10-23)19(24)22-12-13-2-4-15(5-3-13)18(20)21/h2-9,17,23H,10-12H2,1H3,(H3,20,21)(H,22,24)/t17-/m0/s1. The molecule has 0 aliphatic rings. The second kappa shape index (κ2) is 9.55. The van der Waals surface area contributed by atoms with Crippen molar-refractivity contribution in [1.29, 1.82) is 5.41 Å². The predicted molar refractivity (Wildman–Crippen MR) is 98.1 cm³/mol. The van der Waals surface area contributed by atoms with E-state index in [-0.39, 0.29) is 25.0 Å². The maximum atomic E-state index is 12.4. The number of hydrogen-bond donors (Lipinski definition) is 4. The summed E-state index contributed by atoms with van der Waals surface area (Å²) in [6.45, 7) is 0.503. The first-order valence-corrected chi connectivity index (χ1v) is 8.12. The summed E-state index contributed by atoms with van der Waals surface area (Å²) in [5, 5.41) is 19.0. The molecule has 1 amide bonds. The van der Waals surface area contributed by atoms with Gasteiger partial charge in [0.1, 0.15) is 18.2 Å². The number of methoxy groups -OCH3 is 1. The lowest BCUT2D eigenvalue weighted by atomic mass is 10.1. The highest BCUT2D eigenvalue weighted by molar-refractivity contribution is 5.94. The summed E-state index contributed by atoms with van der Waals surface area (Å²) in [6, 6.07) is 14.1. The molecule has 5 N–H and O–H groups in total. The van der Waals surface area contributed by atoms with E-state index in [4.69, 9.17) is 25.7 Å². The summed E-state index contributed by atoms with van der Waals surface area (Å²) in [7, 11) is 1.47. The second-order valence-corrected chi connectivity index (χ2v) is 5.59. The number of carbonyl (C=O) groups is 1. The van der Waals surface area contributed by atoms with Crippen LogP contribution in [-0.2, 0) is 16.1 Å². The molecular formula is C19H23N3O4. The summed E-state index contributed by atoms with van der Waals surface area (Å²) in [4.78, 5) is 12.4. The van der Waals surface area contributed by atoms with Crippen LogP contribution in [0.15, 0.2) is 48.5 Å². The molecule has 0 bridgehead atoms. The summed E-state index contributed by atoms with van der Waals surface area (Å²) >= 11 is 0. The average molecular weight is 357 g/mol. The first kappa shape index (κ1) is 19.4. The molecule has 0 unspecified atom stereocenters. The van der Waals surface area contributed by atoms with Crippen molar-refractivity contribution in [2.75, 3.05) is 20.3 Å². The monoisotopic (exact) mass is 357 g/mol. The summed E-state index contributed by atoms with van der Waals surface area (Å²) < 4.78 is 10.6. The Morgan fingerprint density at radius 1 is 1.19 bits per heavy atom. The first-order valence-electron chi connectivity index (χ1n) is 8.12. The van der Waals surface area contributed by atoms with Gasteiger partial charge in [0.2, 0.25) is 0 Å². The molecule has 0 fully saturated rings. The van der Waals surface area contributed by atoms with Crippen LogP contribution in [-0.4, -0.2) is 37.2 Å². The average Bonchev–Trinajstić information content (AvgIpc) is 2.66. The predicted octanol–water partition coefficient (Wildman–Crippen LogP) is 1.35. The molecule has 0 spiro atoms. The minimum Gasteiger partial charge on any atom is -0.491 e. The Kier molecular flexibility index (Phi) is 7.13. The highest BCUT2D eigenvalue weighted by atomic mass is 16.5. The van der Waals surface area contributed by atoms with Crippen molar-refractivity contribution >= 4 is 11.7 Å². The van der Waals surface area contributed by atoms with E-state index in [1.54, 1.807) is 36.4 Å². The minimum absolute atomic E-state index is 0.00597. The molecule has 2 aromatic carbocycles. The molecule has 0 radical (unpaired) electrons. The Balaban J connectivity index is 1.96. The molecule has 2 rings (SSSR count). The van der Waals surface area contributed by atoms with Gasteiger partial charge in [-0.15, -0.1) is 0 Å². The van der Waals surface area contributed by atoms with Gasteiger partial charge in [-0.1, -0.05) is 36.4 Å². The van der Waals surface area contributed by atoms with E-state index in [0.717, 1.165) is 5.56 Å². The Bertz CT molecular complexity index is 729. The number of nitrogens with two attached hydrogens (primary N) is 1. The Morgan fingerprint density at radius 3 is 2.38 bits per heavy atom. The Labute approximate surface area is 152 Å². The lowest BCUT2D eigenvalue weighted by Gasteiger charge is -2.16. The summed E-state index contributed by atoms with van der Waals surface area (Å²) in [5.41, 5.74) is 7.66. The number of amidine groups is 1. The van der Waals surface area contributed by atoms with E-state index in [9.17, 15) is 4.79 Å². The lowest BCUT2D eigenvalue weighted by molar-refractivity contribution is -0.131. The molecule has 0 saturated heterocycles. The molecule has 7 heteroatoms. The molecule has 0 aromatic heterocycles. The number of hydrogen-bond acceptors (Lipinski definition) is 5. The maximum Gasteiger partial charge on any atom is 0.254 e. The van der Waals surface area contributed by atoms with Crippen LogP contribution in [0.25, 0.3) is 0 Å². The maximum absolute atomic E-state index is 12.4. The molecule has 2 aromatic rings. The Hall–Kier alpha value is -2.90. The molecule has 0 saturated carbocycles. The number of benzene rings is 2. The van der Waals surface area contributed by atoms with Crippen molar-refractivity contribution in [3.8, 4) is 5.75 Å². The van der Waals surface area contributed by atoms with Crippen LogP contribution in [0.1, 0.15) is 22.8 Å². The van der Waals surface area contributed by atoms with Crippen molar-refractivity contribution in [3.05, 3.63) is 65.2 Å². The smallest absolute Gasteiger partial charge is 0.254 e. The first-order chi connectivity index (χ1) is 12.5. The topological polar surface area (TPSA) is 118 Å². The van der Waals surface area contributed by atoms with Gasteiger partial charge in [0.25, 0.3) is 5.91 Å². The number of carbonyl (C=O) groups excluding carboxylic acids is 1. The van der Waals surface area contributed by atoms with Gasteiger partial charge in [0.15, 0.2) is 6.10 Å². The third-order valence-electron chi connectivity index (χ3n) is 3.75. The van der Waals surface area contributed by atoms with Crippen molar-refractivity contribution in [2.24, 2.45) is 5.73 Å². The van der Waals surface area contributed by atoms with Gasteiger partial charge in [-0.25, -0.2) is 0 Å². The number of amides is 1. The molecule has 138 valence electrons. The third kappa shape index (κ3) is 5.30. The van der Waals surface area contributed by atoms with Crippen molar-refractivity contribution < 1.29 is 19.4 Å². The summed E-state index contributed by atoms with van der Waals surface area (Å²) in [5.74, 6) is 0.363. The van der Waals surface area contributed by atoms with E-state index < -0.39 is 6.10 Å². The van der Waals surface area contributed by atoms with Gasteiger partial charge >= 0.3 is 0 Å². The van der Waals surface area contributed by atoms with Gasteiger partial charge in [0, 0.05) is 19.2 Å². The van der Waals surface area contributed by atoms with Crippen LogP contribution in [0.3, 0.4) is 0 Å². The van der Waals surface area contributed by atoms with Gasteiger partial charge < -0.3 is 25.6 Å². The van der Waals surface area contributed by atoms with Crippen molar-refractivity contribution in [3.63, 3.8) is 0 Å². The zero-order valence-electron chi connectivity index (χ0n) is 14.6. The van der Waals surface area contributed by atoms with E-state index in [1.807, 2.05) is 12.1 Å². The fourth-order valence-electron chi connectivity index (χ4n) is 2.38. The Morgan fingerprint density at radius 2 is 1.85 bits per heavy atom. The zero-order chi connectivity index (χ0) is 18.9. The SMILES string of the molecule is CO[C@H](C(=O)NCc1ccc(C(=N)N)cc1)c1ccc(OCCO)cc1. The van der Waals surface area contributed by atoms with Crippen LogP contribution in [0, 0.1) is 5.41 Å². The lowest BCUT2D eigenvalue weighted by Crippen LogP contribution is -2.30. The number of nitrogen functional groups attached to an aromatic ring is 1. The molecular weight excluding hydrogens is 334 g/mol. The van der Waals surface area contributed by atoms with Crippen molar-refractivity contribution in [2.45, 2.75) is 12.6 Å². The third-order valence-corrected chi connectivity index (χ3v) is 3.75. The van der Waals surface area contributed by atoms with Gasteiger partial charge in [0.05, 0.1) is 6.61 Å². The largest absolute Gasteiger partial charge is 0.491 e. The molecule has 0 aliphatic carbocycles. The fraction of sp³-hybridized carbons (Fsp3) is 0.263. The van der Waals surface area contributed by atoms with E-state index in [1.165, 1.54) is 7.11 Å². The van der Waals surface area contributed by atoms with Crippen LogP contribution >= 0.6 is 0 Å². The van der Waals surface area contributed by atoms with Crippen molar-refractivity contribution in [1.82, 2.24) is 5.32 Å². The quantitative estimate of drug-likeness (QED) is 0.399. The highest BCUT2D eigenvalue weighted by Gasteiger charge is 2.19.